The zero-order chi connectivity index (χ0) is 18.9. The Labute approximate surface area is 154 Å². The first-order valence-electron chi connectivity index (χ1n) is 8.35. The fourth-order valence-electron chi connectivity index (χ4n) is 2.64. The van der Waals surface area contributed by atoms with Gasteiger partial charge in [0.15, 0.2) is 6.79 Å². The van der Waals surface area contributed by atoms with Crippen LogP contribution in [0.1, 0.15) is 23.6 Å². The monoisotopic (exact) mass is 356 g/mol. The van der Waals surface area contributed by atoms with Crippen molar-refractivity contribution in [3.05, 3.63) is 65.2 Å². The van der Waals surface area contributed by atoms with Crippen LogP contribution in [0.25, 0.3) is 5.57 Å². The first-order chi connectivity index (χ1) is 12.6. The summed E-state index contributed by atoms with van der Waals surface area (Å²) in [7, 11) is 3.16. The van der Waals surface area contributed by atoms with Gasteiger partial charge in [-0.2, -0.15) is 0 Å². The molecule has 0 saturated carbocycles. The van der Waals surface area contributed by atoms with E-state index in [-0.39, 0.29) is 6.79 Å². The van der Waals surface area contributed by atoms with Gasteiger partial charge in [-0.25, -0.2) is 4.79 Å². The molecular weight excluding hydrogens is 332 g/mol. The van der Waals surface area contributed by atoms with Gasteiger partial charge in [0.05, 0.1) is 13.7 Å². The van der Waals surface area contributed by atoms with E-state index in [1.54, 1.807) is 21.1 Å². The van der Waals surface area contributed by atoms with Crippen molar-refractivity contribution >= 4 is 11.5 Å². The summed E-state index contributed by atoms with van der Waals surface area (Å²) in [6.07, 6.45) is 1.47. The summed E-state index contributed by atoms with van der Waals surface area (Å²) in [4.78, 5) is 12.2. The van der Waals surface area contributed by atoms with Crippen molar-refractivity contribution in [2.75, 3.05) is 27.6 Å². The molecule has 0 atom stereocenters. The highest BCUT2D eigenvalue weighted by Crippen LogP contribution is 2.37. The lowest BCUT2D eigenvalue weighted by Crippen LogP contribution is -2.06. The Balaban J connectivity index is 2.66. The number of hydrogen-bond donors (Lipinski definition) is 0. The molecule has 0 saturated heterocycles. The quantitative estimate of drug-likeness (QED) is 0.407. The molecule has 2 aromatic rings. The largest absolute Gasteiger partial charge is 0.496 e. The second-order valence-corrected chi connectivity index (χ2v) is 5.51. The molecule has 2 rings (SSSR count). The third-order valence-electron chi connectivity index (χ3n) is 3.77. The number of esters is 1. The fraction of sp³-hybridized carbons (Fsp3) is 0.286. The maximum Gasteiger partial charge on any atom is 0.331 e. The van der Waals surface area contributed by atoms with Crippen molar-refractivity contribution < 1.29 is 23.7 Å². The van der Waals surface area contributed by atoms with E-state index in [1.165, 1.54) is 6.08 Å². The van der Waals surface area contributed by atoms with Gasteiger partial charge in [0.1, 0.15) is 11.5 Å². The van der Waals surface area contributed by atoms with Gasteiger partial charge in [-0.15, -0.1) is 0 Å². The lowest BCUT2D eigenvalue weighted by molar-refractivity contribution is -0.137. The average Bonchev–Trinajstić information content (AvgIpc) is 2.65. The van der Waals surface area contributed by atoms with Crippen molar-refractivity contribution in [1.82, 2.24) is 0 Å². The van der Waals surface area contributed by atoms with E-state index >= 15 is 0 Å². The van der Waals surface area contributed by atoms with Crippen molar-refractivity contribution in [2.24, 2.45) is 0 Å². The SMILES string of the molecule is CCOC(=O)C=C(c1ccccc1OC)c1cccc(C)c1OCOC. The molecule has 5 heteroatoms. The van der Waals surface area contributed by atoms with E-state index < -0.39 is 5.97 Å². The lowest BCUT2D eigenvalue weighted by atomic mass is 9.94. The minimum atomic E-state index is -0.424. The summed E-state index contributed by atoms with van der Waals surface area (Å²) in [6, 6.07) is 13.3. The van der Waals surface area contributed by atoms with Crippen LogP contribution in [-0.2, 0) is 14.3 Å². The van der Waals surface area contributed by atoms with Crippen LogP contribution in [0.2, 0.25) is 0 Å². The van der Waals surface area contributed by atoms with Crippen LogP contribution in [0, 0.1) is 6.92 Å². The Morgan fingerprint density at radius 1 is 1.04 bits per heavy atom. The number of rotatable bonds is 8. The molecule has 0 unspecified atom stereocenters. The molecule has 0 aliphatic rings. The van der Waals surface area contributed by atoms with Gasteiger partial charge in [-0.3, -0.25) is 0 Å². The Morgan fingerprint density at radius 3 is 2.46 bits per heavy atom. The van der Waals surface area contributed by atoms with Gasteiger partial charge in [-0.05, 0) is 25.5 Å². The Hall–Kier alpha value is -2.79. The third-order valence-corrected chi connectivity index (χ3v) is 3.77. The molecule has 0 radical (unpaired) electrons. The second kappa shape index (κ2) is 9.63. The summed E-state index contributed by atoms with van der Waals surface area (Å²) in [5, 5.41) is 0. The van der Waals surface area contributed by atoms with Crippen molar-refractivity contribution in [3.8, 4) is 11.5 Å². The Morgan fingerprint density at radius 2 is 1.77 bits per heavy atom. The number of carbonyl (C=O) groups is 1. The van der Waals surface area contributed by atoms with Crippen molar-refractivity contribution in [2.45, 2.75) is 13.8 Å². The summed E-state index contributed by atoms with van der Waals surface area (Å²) in [6.45, 7) is 4.12. The zero-order valence-electron chi connectivity index (χ0n) is 15.6. The maximum atomic E-state index is 12.2. The standard InChI is InChI=1S/C21H24O5/c1-5-25-20(22)13-18(16-10-6-7-12-19(16)24-4)17-11-8-9-15(2)21(17)26-14-23-3/h6-13H,5,14H2,1-4H3. The molecule has 0 aliphatic carbocycles. The summed E-state index contributed by atoms with van der Waals surface area (Å²) < 4.78 is 21.4. The molecule has 0 amide bonds. The minimum Gasteiger partial charge on any atom is -0.496 e. The molecule has 0 N–H and O–H groups in total. The second-order valence-electron chi connectivity index (χ2n) is 5.51. The Kier molecular flexibility index (Phi) is 7.24. The van der Waals surface area contributed by atoms with Crippen LogP contribution in [0.4, 0.5) is 0 Å². The molecular formula is C21H24O5. The van der Waals surface area contributed by atoms with Crippen LogP contribution < -0.4 is 9.47 Å². The van der Waals surface area contributed by atoms with Crippen molar-refractivity contribution in [3.63, 3.8) is 0 Å². The van der Waals surface area contributed by atoms with Gasteiger partial charge >= 0.3 is 5.97 Å². The van der Waals surface area contributed by atoms with Crippen LogP contribution in [-0.4, -0.2) is 33.6 Å². The maximum absolute atomic E-state index is 12.2. The van der Waals surface area contributed by atoms with E-state index in [1.807, 2.05) is 49.4 Å². The van der Waals surface area contributed by atoms with Gasteiger partial charge in [0.25, 0.3) is 0 Å². The number of ether oxygens (including phenoxy) is 4. The van der Waals surface area contributed by atoms with E-state index in [2.05, 4.69) is 0 Å². The minimum absolute atomic E-state index is 0.108. The molecule has 26 heavy (non-hydrogen) atoms. The van der Waals surface area contributed by atoms with Crippen LogP contribution >= 0.6 is 0 Å². The number of carbonyl (C=O) groups excluding carboxylic acids is 1. The molecule has 2 aromatic carbocycles. The lowest BCUT2D eigenvalue weighted by Gasteiger charge is -2.18. The molecule has 0 fully saturated rings. The van der Waals surface area contributed by atoms with Gasteiger partial charge < -0.3 is 18.9 Å². The predicted octanol–water partition coefficient (Wildman–Crippen LogP) is 3.98. The molecule has 138 valence electrons. The smallest absolute Gasteiger partial charge is 0.331 e. The van der Waals surface area contributed by atoms with E-state index in [0.717, 1.165) is 16.7 Å². The molecule has 0 aliphatic heterocycles. The molecule has 0 spiro atoms. The van der Waals surface area contributed by atoms with Crippen LogP contribution in [0.3, 0.4) is 0 Å². The number of aryl methyl sites for hydroxylation is 1. The average molecular weight is 356 g/mol. The predicted molar refractivity (Wildman–Crippen MR) is 100 cm³/mol. The first kappa shape index (κ1) is 19.5. The normalized spacial score (nSPS) is 11.2. The van der Waals surface area contributed by atoms with Gasteiger partial charge in [-0.1, -0.05) is 36.4 Å². The van der Waals surface area contributed by atoms with Gasteiger partial charge in [0.2, 0.25) is 0 Å². The number of para-hydroxylation sites is 2. The fourth-order valence-corrected chi connectivity index (χ4v) is 2.64. The first-order valence-corrected chi connectivity index (χ1v) is 8.35. The van der Waals surface area contributed by atoms with Crippen molar-refractivity contribution in [1.29, 1.82) is 0 Å². The molecule has 5 nitrogen and oxygen atoms in total. The van der Waals surface area contributed by atoms with E-state index in [0.29, 0.717) is 23.7 Å². The van der Waals surface area contributed by atoms with Crippen LogP contribution in [0.5, 0.6) is 11.5 Å². The highest BCUT2D eigenvalue weighted by Gasteiger charge is 2.18. The number of methoxy groups -OCH3 is 2. The number of benzene rings is 2. The third kappa shape index (κ3) is 4.64. The molecule has 0 aromatic heterocycles. The van der Waals surface area contributed by atoms with Crippen LogP contribution in [0.15, 0.2) is 48.5 Å². The highest BCUT2D eigenvalue weighted by atomic mass is 16.7. The topological polar surface area (TPSA) is 54.0 Å². The number of hydrogen-bond acceptors (Lipinski definition) is 5. The molecule has 0 heterocycles. The van der Waals surface area contributed by atoms with E-state index in [4.69, 9.17) is 18.9 Å². The highest BCUT2D eigenvalue weighted by molar-refractivity contribution is 5.98. The van der Waals surface area contributed by atoms with E-state index in [9.17, 15) is 4.79 Å². The zero-order valence-corrected chi connectivity index (χ0v) is 15.6. The van der Waals surface area contributed by atoms with Gasteiger partial charge in [0, 0.05) is 29.9 Å². The molecule has 0 bridgehead atoms. The summed E-state index contributed by atoms with van der Waals surface area (Å²) >= 11 is 0. The summed E-state index contributed by atoms with van der Waals surface area (Å²) in [5.41, 5.74) is 3.13. The summed E-state index contributed by atoms with van der Waals surface area (Å²) in [5.74, 6) is 0.880. The Bertz CT molecular complexity index is 780.